The normalized spacial score (nSPS) is 15.4. The molecule has 0 amide bonds. The van der Waals surface area contributed by atoms with Gasteiger partial charge in [-0.2, -0.15) is 0 Å². The van der Waals surface area contributed by atoms with Crippen LogP contribution in [0.4, 0.5) is 0 Å². The van der Waals surface area contributed by atoms with Gasteiger partial charge in [0.25, 0.3) is 5.89 Å². The van der Waals surface area contributed by atoms with Crippen molar-refractivity contribution in [2.45, 2.75) is 39.3 Å². The highest BCUT2D eigenvalue weighted by molar-refractivity contribution is 7.15. The molecule has 2 aromatic heterocycles. The molecule has 1 aliphatic rings. The van der Waals surface area contributed by atoms with Crippen LogP contribution in [0, 0.1) is 13.8 Å². The molecule has 1 saturated carbocycles. The first kappa shape index (κ1) is 10.9. The first-order valence-corrected chi connectivity index (χ1v) is 6.67. The molecule has 1 fully saturated rings. The molecular formula is C12H15N3OS. The lowest BCUT2D eigenvalue weighted by Gasteiger charge is -1.95. The van der Waals surface area contributed by atoms with E-state index in [-0.39, 0.29) is 0 Å². The lowest BCUT2D eigenvalue weighted by molar-refractivity contribution is 0.477. The zero-order valence-electron chi connectivity index (χ0n) is 9.99. The summed E-state index contributed by atoms with van der Waals surface area (Å²) in [5.74, 6) is 1.31. The smallest absolute Gasteiger partial charge is 0.257 e. The Hall–Kier alpha value is -1.20. The SMILES string of the molecule is Cc1cc(-c2nnc(CNC3CC3)o2)sc1C. The lowest BCUT2D eigenvalue weighted by Crippen LogP contribution is -2.15. The van der Waals surface area contributed by atoms with Crippen LogP contribution in [0.5, 0.6) is 0 Å². The Bertz CT molecular complexity index is 508. The predicted octanol–water partition coefficient (Wildman–Crippen LogP) is 2.67. The number of aromatic nitrogens is 2. The van der Waals surface area contributed by atoms with E-state index in [1.54, 1.807) is 11.3 Å². The molecule has 2 aromatic rings. The molecule has 2 heterocycles. The highest BCUT2D eigenvalue weighted by Crippen LogP contribution is 2.29. The average molecular weight is 249 g/mol. The third-order valence-corrected chi connectivity index (χ3v) is 4.10. The van der Waals surface area contributed by atoms with Crippen molar-refractivity contribution >= 4 is 11.3 Å². The van der Waals surface area contributed by atoms with Gasteiger partial charge < -0.3 is 9.73 Å². The van der Waals surface area contributed by atoms with Gasteiger partial charge in [0.1, 0.15) is 0 Å². The number of hydrogen-bond donors (Lipinski definition) is 1. The van der Waals surface area contributed by atoms with Gasteiger partial charge in [-0.15, -0.1) is 21.5 Å². The Morgan fingerprint density at radius 2 is 2.24 bits per heavy atom. The van der Waals surface area contributed by atoms with Gasteiger partial charge in [0.15, 0.2) is 0 Å². The average Bonchev–Trinajstić information content (AvgIpc) is 2.92. The molecule has 17 heavy (non-hydrogen) atoms. The van der Waals surface area contributed by atoms with Crippen LogP contribution in [-0.2, 0) is 6.54 Å². The molecule has 1 aliphatic carbocycles. The molecule has 0 unspecified atom stereocenters. The molecule has 3 rings (SSSR count). The molecule has 0 saturated heterocycles. The summed E-state index contributed by atoms with van der Waals surface area (Å²) < 4.78 is 5.64. The van der Waals surface area contributed by atoms with Crippen molar-refractivity contribution in [3.05, 3.63) is 22.4 Å². The third kappa shape index (κ3) is 2.40. The van der Waals surface area contributed by atoms with Crippen LogP contribution in [0.15, 0.2) is 10.5 Å². The van der Waals surface area contributed by atoms with E-state index in [1.165, 1.54) is 23.3 Å². The van der Waals surface area contributed by atoms with Crippen molar-refractivity contribution < 1.29 is 4.42 Å². The van der Waals surface area contributed by atoms with E-state index >= 15 is 0 Å². The highest BCUT2D eigenvalue weighted by Gasteiger charge is 2.21. The fourth-order valence-electron chi connectivity index (χ4n) is 1.62. The van der Waals surface area contributed by atoms with Crippen LogP contribution in [0.1, 0.15) is 29.2 Å². The van der Waals surface area contributed by atoms with Gasteiger partial charge >= 0.3 is 0 Å². The molecule has 0 bridgehead atoms. The van der Waals surface area contributed by atoms with Gasteiger partial charge in [0.2, 0.25) is 5.89 Å². The topological polar surface area (TPSA) is 51.0 Å². The molecule has 0 aromatic carbocycles. The Labute approximate surface area is 104 Å². The Balaban J connectivity index is 1.74. The predicted molar refractivity (Wildman–Crippen MR) is 66.9 cm³/mol. The lowest BCUT2D eigenvalue weighted by atomic mass is 10.3. The largest absolute Gasteiger partial charge is 0.419 e. The zero-order chi connectivity index (χ0) is 11.8. The molecule has 0 spiro atoms. The van der Waals surface area contributed by atoms with Crippen molar-refractivity contribution in [1.29, 1.82) is 0 Å². The summed E-state index contributed by atoms with van der Waals surface area (Å²) in [5.41, 5.74) is 1.28. The second-order valence-corrected chi connectivity index (χ2v) is 5.76. The number of rotatable bonds is 4. The first-order valence-electron chi connectivity index (χ1n) is 5.85. The summed E-state index contributed by atoms with van der Waals surface area (Å²) in [6, 6.07) is 2.77. The van der Waals surface area contributed by atoms with Gasteiger partial charge in [0, 0.05) is 10.9 Å². The van der Waals surface area contributed by atoms with E-state index < -0.39 is 0 Å². The van der Waals surface area contributed by atoms with Gasteiger partial charge in [-0.1, -0.05) is 0 Å². The summed E-state index contributed by atoms with van der Waals surface area (Å²) in [6.07, 6.45) is 2.54. The molecule has 0 aliphatic heterocycles. The van der Waals surface area contributed by atoms with Crippen LogP contribution >= 0.6 is 11.3 Å². The van der Waals surface area contributed by atoms with Crippen LogP contribution in [0.3, 0.4) is 0 Å². The number of thiophene rings is 1. The zero-order valence-corrected chi connectivity index (χ0v) is 10.8. The maximum absolute atomic E-state index is 5.64. The van der Waals surface area contributed by atoms with Crippen LogP contribution < -0.4 is 5.32 Å². The maximum Gasteiger partial charge on any atom is 0.257 e. The molecule has 4 nitrogen and oxygen atoms in total. The van der Waals surface area contributed by atoms with Crippen molar-refractivity contribution in [2.24, 2.45) is 0 Å². The van der Waals surface area contributed by atoms with Crippen LogP contribution in [0.2, 0.25) is 0 Å². The summed E-state index contributed by atoms with van der Waals surface area (Å²) in [6.45, 7) is 4.89. The molecule has 90 valence electrons. The fourth-order valence-corrected chi connectivity index (χ4v) is 2.58. The molecule has 0 radical (unpaired) electrons. The van der Waals surface area contributed by atoms with Crippen LogP contribution in [-0.4, -0.2) is 16.2 Å². The molecule has 5 heteroatoms. The van der Waals surface area contributed by atoms with E-state index in [9.17, 15) is 0 Å². The van der Waals surface area contributed by atoms with Gasteiger partial charge in [-0.05, 0) is 38.3 Å². The Morgan fingerprint density at radius 1 is 1.41 bits per heavy atom. The Kier molecular flexibility index (Phi) is 2.72. The van der Waals surface area contributed by atoms with E-state index in [2.05, 4.69) is 35.4 Å². The minimum Gasteiger partial charge on any atom is -0.419 e. The quantitative estimate of drug-likeness (QED) is 0.905. The summed E-state index contributed by atoms with van der Waals surface area (Å²) in [4.78, 5) is 2.36. The maximum atomic E-state index is 5.64. The van der Waals surface area contributed by atoms with E-state index in [0.717, 1.165) is 4.88 Å². The number of nitrogens with one attached hydrogen (secondary N) is 1. The molecule has 1 N–H and O–H groups in total. The Morgan fingerprint density at radius 3 is 2.88 bits per heavy atom. The van der Waals surface area contributed by atoms with Crippen molar-refractivity contribution in [3.8, 4) is 10.8 Å². The van der Waals surface area contributed by atoms with E-state index in [0.29, 0.717) is 24.4 Å². The standard InChI is InChI=1S/C12H15N3OS/c1-7-5-10(17-8(7)2)12-15-14-11(16-12)6-13-9-3-4-9/h5,9,13H,3-4,6H2,1-2H3. The van der Waals surface area contributed by atoms with E-state index in [4.69, 9.17) is 4.42 Å². The number of aryl methyl sites for hydroxylation is 2. The molecular weight excluding hydrogens is 234 g/mol. The van der Waals surface area contributed by atoms with Crippen molar-refractivity contribution in [3.63, 3.8) is 0 Å². The second kappa shape index (κ2) is 4.23. The van der Waals surface area contributed by atoms with Gasteiger partial charge in [-0.25, -0.2) is 0 Å². The van der Waals surface area contributed by atoms with Gasteiger partial charge in [0.05, 0.1) is 11.4 Å². The van der Waals surface area contributed by atoms with E-state index in [1.807, 2.05) is 0 Å². The highest BCUT2D eigenvalue weighted by atomic mass is 32.1. The summed E-state index contributed by atoms with van der Waals surface area (Å²) in [7, 11) is 0. The summed E-state index contributed by atoms with van der Waals surface area (Å²) >= 11 is 1.70. The summed E-state index contributed by atoms with van der Waals surface area (Å²) in [5, 5.41) is 11.5. The van der Waals surface area contributed by atoms with Crippen molar-refractivity contribution in [2.75, 3.05) is 0 Å². The fraction of sp³-hybridized carbons (Fsp3) is 0.500. The number of nitrogens with zero attached hydrogens (tertiary/aromatic N) is 2. The van der Waals surface area contributed by atoms with Crippen molar-refractivity contribution in [1.82, 2.24) is 15.5 Å². The van der Waals surface area contributed by atoms with Crippen LogP contribution in [0.25, 0.3) is 10.8 Å². The third-order valence-electron chi connectivity index (χ3n) is 2.96. The minimum atomic E-state index is 0.638. The molecule has 0 atom stereocenters. The van der Waals surface area contributed by atoms with Gasteiger partial charge in [-0.3, -0.25) is 0 Å². The monoisotopic (exact) mass is 249 g/mol. The first-order chi connectivity index (χ1) is 8.22. The second-order valence-electron chi connectivity index (χ2n) is 4.51. The minimum absolute atomic E-state index is 0.638. The number of hydrogen-bond acceptors (Lipinski definition) is 5.